The second kappa shape index (κ2) is 4.67. The van der Waals surface area contributed by atoms with Gasteiger partial charge in [-0.2, -0.15) is 13.2 Å². The molecule has 0 atom stereocenters. The molecule has 1 saturated heterocycles. The molecule has 0 amide bonds. The molecular formula is C13H20BF3O2. The quantitative estimate of drug-likeness (QED) is 0.559. The van der Waals surface area contributed by atoms with Crippen LogP contribution in [0.3, 0.4) is 0 Å². The highest BCUT2D eigenvalue weighted by atomic mass is 19.4. The van der Waals surface area contributed by atoms with Crippen LogP contribution < -0.4 is 0 Å². The summed E-state index contributed by atoms with van der Waals surface area (Å²) in [7, 11) is -1.04. The van der Waals surface area contributed by atoms with Crippen molar-refractivity contribution in [2.75, 3.05) is 0 Å². The lowest BCUT2D eigenvalue weighted by Crippen LogP contribution is -2.41. The molecule has 0 saturated carbocycles. The van der Waals surface area contributed by atoms with Crippen LogP contribution in [0.2, 0.25) is 0 Å². The average molecular weight is 276 g/mol. The Morgan fingerprint density at radius 3 is 1.63 bits per heavy atom. The number of hydrogen-bond acceptors (Lipinski definition) is 2. The number of hydrogen-bond donors (Lipinski definition) is 0. The predicted molar refractivity (Wildman–Crippen MR) is 69.7 cm³/mol. The molecule has 1 heterocycles. The molecule has 0 N–H and O–H groups in total. The second-order valence-corrected chi connectivity index (χ2v) is 5.91. The maximum atomic E-state index is 12.9. The van der Waals surface area contributed by atoms with Crippen LogP contribution in [0.4, 0.5) is 13.2 Å². The van der Waals surface area contributed by atoms with Gasteiger partial charge in [0.05, 0.1) is 11.2 Å². The van der Waals surface area contributed by atoms with Crippen LogP contribution in [-0.4, -0.2) is 24.5 Å². The van der Waals surface area contributed by atoms with Gasteiger partial charge in [-0.1, -0.05) is 12.2 Å². The number of halogens is 3. The standard InChI is InChI=1S/C13H20BF3O2/c1-8(2)10(9(3)13(15,16)17)14-18-11(4,5)12(6,7)19-14/h1H2,2-7H3/b10-9-. The number of rotatable bonds is 2. The third-order valence-corrected chi connectivity index (χ3v) is 3.78. The molecule has 1 fully saturated rings. The van der Waals surface area contributed by atoms with Crippen molar-refractivity contribution in [3.63, 3.8) is 0 Å². The molecule has 1 aliphatic heterocycles. The van der Waals surface area contributed by atoms with Crippen molar-refractivity contribution in [1.82, 2.24) is 0 Å². The molecule has 2 nitrogen and oxygen atoms in total. The Kier molecular flexibility index (Phi) is 4.01. The Hall–Kier alpha value is -0.745. The van der Waals surface area contributed by atoms with Gasteiger partial charge in [-0.25, -0.2) is 0 Å². The Labute approximate surface area is 112 Å². The fourth-order valence-electron chi connectivity index (χ4n) is 1.81. The van der Waals surface area contributed by atoms with Crippen LogP contribution in [0.15, 0.2) is 23.2 Å². The van der Waals surface area contributed by atoms with Gasteiger partial charge in [-0.05, 0) is 47.0 Å². The molecule has 1 aliphatic rings. The van der Waals surface area contributed by atoms with Crippen molar-refractivity contribution in [2.45, 2.75) is 58.9 Å². The molecule has 0 aromatic heterocycles. The van der Waals surface area contributed by atoms with E-state index in [1.807, 2.05) is 0 Å². The lowest BCUT2D eigenvalue weighted by Gasteiger charge is -2.32. The largest absolute Gasteiger partial charge is 0.495 e. The molecule has 0 radical (unpaired) electrons. The molecule has 6 heteroatoms. The topological polar surface area (TPSA) is 18.5 Å². The molecule has 1 rings (SSSR count). The Balaban J connectivity index is 3.24. The van der Waals surface area contributed by atoms with Crippen LogP contribution in [0.5, 0.6) is 0 Å². The summed E-state index contributed by atoms with van der Waals surface area (Å²) in [6.07, 6.45) is -4.42. The van der Waals surface area contributed by atoms with Crippen molar-refractivity contribution in [1.29, 1.82) is 0 Å². The number of allylic oxidation sites excluding steroid dienone is 3. The molecule has 108 valence electrons. The molecule has 0 unspecified atom stereocenters. The smallest absolute Gasteiger partial charge is 0.399 e. The highest BCUT2D eigenvalue weighted by Crippen LogP contribution is 2.42. The van der Waals surface area contributed by atoms with Crippen molar-refractivity contribution in [3.05, 3.63) is 23.2 Å². The molecule has 0 bridgehead atoms. The van der Waals surface area contributed by atoms with Crippen LogP contribution in [0.25, 0.3) is 0 Å². The fraction of sp³-hybridized carbons (Fsp3) is 0.692. The van der Waals surface area contributed by atoms with Gasteiger partial charge in [-0.3, -0.25) is 0 Å². The van der Waals surface area contributed by atoms with Crippen LogP contribution in [0, 0.1) is 0 Å². The summed E-state index contributed by atoms with van der Waals surface area (Å²) in [6, 6.07) is 0. The Morgan fingerprint density at radius 2 is 1.37 bits per heavy atom. The average Bonchev–Trinajstić information content (AvgIpc) is 2.33. The van der Waals surface area contributed by atoms with Gasteiger partial charge in [0.15, 0.2) is 0 Å². The van der Waals surface area contributed by atoms with E-state index in [1.54, 1.807) is 27.7 Å². The van der Waals surface area contributed by atoms with Crippen molar-refractivity contribution >= 4 is 7.12 Å². The highest BCUT2D eigenvalue weighted by molar-refractivity contribution is 6.56. The summed E-state index contributed by atoms with van der Waals surface area (Å²) in [6.45, 7) is 13.3. The number of alkyl halides is 3. The first-order valence-corrected chi connectivity index (χ1v) is 6.09. The van der Waals surface area contributed by atoms with Crippen molar-refractivity contribution < 1.29 is 22.5 Å². The van der Waals surface area contributed by atoms with Gasteiger partial charge in [0.1, 0.15) is 0 Å². The van der Waals surface area contributed by atoms with E-state index in [9.17, 15) is 13.2 Å². The highest BCUT2D eigenvalue weighted by Gasteiger charge is 2.54. The minimum Gasteiger partial charge on any atom is -0.399 e. The zero-order chi connectivity index (χ0) is 15.2. The van der Waals surface area contributed by atoms with E-state index in [1.165, 1.54) is 6.92 Å². The van der Waals surface area contributed by atoms with Gasteiger partial charge < -0.3 is 9.31 Å². The summed E-state index contributed by atoms with van der Waals surface area (Å²) >= 11 is 0. The van der Waals surface area contributed by atoms with E-state index in [-0.39, 0.29) is 5.47 Å². The summed E-state index contributed by atoms with van der Waals surface area (Å²) in [5.74, 6) is 0. The summed E-state index contributed by atoms with van der Waals surface area (Å²) in [5.41, 5.74) is -1.80. The van der Waals surface area contributed by atoms with Gasteiger partial charge in [0.25, 0.3) is 0 Å². The van der Waals surface area contributed by atoms with Gasteiger partial charge in [-0.15, -0.1) is 0 Å². The van der Waals surface area contributed by atoms with Crippen LogP contribution in [-0.2, 0) is 9.31 Å². The first-order valence-electron chi connectivity index (χ1n) is 6.09. The minimum atomic E-state index is -4.42. The van der Waals surface area contributed by atoms with Gasteiger partial charge >= 0.3 is 13.3 Å². The molecular weight excluding hydrogens is 256 g/mol. The minimum absolute atomic E-state index is 0.0221. The Bertz CT molecular complexity index is 406. The van der Waals surface area contributed by atoms with Crippen LogP contribution in [0.1, 0.15) is 41.5 Å². The maximum Gasteiger partial charge on any atom is 0.495 e. The third-order valence-electron chi connectivity index (χ3n) is 3.78. The van der Waals surface area contributed by atoms with Crippen LogP contribution >= 0.6 is 0 Å². The molecule has 19 heavy (non-hydrogen) atoms. The van der Waals surface area contributed by atoms with E-state index in [0.717, 1.165) is 6.92 Å². The first-order chi connectivity index (χ1) is 8.29. The summed E-state index contributed by atoms with van der Waals surface area (Å²) < 4.78 is 50.0. The molecule has 0 aliphatic carbocycles. The zero-order valence-electron chi connectivity index (χ0n) is 12.2. The molecule has 0 spiro atoms. The lowest BCUT2D eigenvalue weighted by molar-refractivity contribution is -0.0918. The van der Waals surface area contributed by atoms with Gasteiger partial charge in [0, 0.05) is 5.57 Å². The Morgan fingerprint density at radius 1 is 1.00 bits per heavy atom. The van der Waals surface area contributed by atoms with E-state index >= 15 is 0 Å². The monoisotopic (exact) mass is 276 g/mol. The van der Waals surface area contributed by atoms with E-state index in [2.05, 4.69) is 6.58 Å². The molecule has 0 aromatic rings. The third kappa shape index (κ3) is 3.05. The van der Waals surface area contributed by atoms with Crippen molar-refractivity contribution in [3.8, 4) is 0 Å². The van der Waals surface area contributed by atoms with Crippen molar-refractivity contribution in [2.24, 2.45) is 0 Å². The zero-order valence-corrected chi connectivity index (χ0v) is 12.2. The summed E-state index contributed by atoms with van der Waals surface area (Å²) in [5, 5.41) is 0. The molecule has 0 aromatic carbocycles. The SMILES string of the molecule is C=C(C)/C(B1OC(C)(C)C(C)(C)O1)=C(\C)C(F)(F)F. The summed E-state index contributed by atoms with van der Waals surface area (Å²) in [4.78, 5) is 0. The maximum absolute atomic E-state index is 12.9. The van der Waals surface area contributed by atoms with E-state index < -0.39 is 30.1 Å². The predicted octanol–water partition coefficient (Wildman–Crippen LogP) is 4.07. The lowest BCUT2D eigenvalue weighted by atomic mass is 9.71. The second-order valence-electron chi connectivity index (χ2n) is 5.91. The fourth-order valence-corrected chi connectivity index (χ4v) is 1.81. The normalized spacial score (nSPS) is 23.3. The van der Waals surface area contributed by atoms with E-state index in [0.29, 0.717) is 5.57 Å². The van der Waals surface area contributed by atoms with E-state index in [4.69, 9.17) is 9.31 Å². The first kappa shape index (κ1) is 16.3. The van der Waals surface area contributed by atoms with Gasteiger partial charge in [0.2, 0.25) is 0 Å².